The minimum atomic E-state index is -0.394. The van der Waals surface area contributed by atoms with E-state index in [0.29, 0.717) is 0 Å². The number of nitrogens with one attached hydrogen (secondary N) is 1. The molecule has 1 aliphatic heterocycles. The molecule has 0 fully saturated rings. The van der Waals surface area contributed by atoms with E-state index < -0.39 is 6.10 Å². The summed E-state index contributed by atoms with van der Waals surface area (Å²) < 4.78 is 5.43. The first-order valence-corrected chi connectivity index (χ1v) is 5.81. The van der Waals surface area contributed by atoms with Crippen LogP contribution in [0.4, 0.5) is 5.69 Å². The molecule has 1 unspecified atom stereocenters. The number of hydrogen-bond acceptors (Lipinski definition) is 2. The molecule has 0 spiro atoms. The van der Waals surface area contributed by atoms with Gasteiger partial charge >= 0.3 is 0 Å². The molecule has 0 saturated carbocycles. The molecule has 0 aliphatic carbocycles. The molecule has 1 aromatic carbocycles. The minimum absolute atomic E-state index is 0.0780. The zero-order chi connectivity index (χ0) is 12.1. The molecule has 1 amide bonds. The van der Waals surface area contributed by atoms with E-state index in [0.717, 1.165) is 17.9 Å². The fraction of sp³-hybridized carbons (Fsp3) is 0.462. The van der Waals surface area contributed by atoms with Crippen LogP contribution in [0.15, 0.2) is 18.2 Å². The highest BCUT2D eigenvalue weighted by atomic mass is 16.5. The van der Waals surface area contributed by atoms with Gasteiger partial charge in [-0.3, -0.25) is 4.79 Å². The van der Waals surface area contributed by atoms with Crippen molar-refractivity contribution in [1.82, 2.24) is 0 Å². The highest BCUT2D eigenvalue weighted by Crippen LogP contribution is 2.30. The molecule has 3 nitrogen and oxygen atoms in total. The molecule has 1 aliphatic rings. The van der Waals surface area contributed by atoms with Crippen LogP contribution in [-0.4, -0.2) is 12.0 Å². The first kappa shape index (κ1) is 12.6. The number of anilines is 1. The Labute approximate surface area is 96.8 Å². The number of ether oxygens (including phenoxy) is 1. The summed E-state index contributed by atoms with van der Waals surface area (Å²) in [5.41, 5.74) is 1.98. The van der Waals surface area contributed by atoms with Crippen LogP contribution in [-0.2, 0) is 11.2 Å². The zero-order valence-electron chi connectivity index (χ0n) is 10.3. The molecule has 16 heavy (non-hydrogen) atoms. The first-order valence-electron chi connectivity index (χ1n) is 5.81. The summed E-state index contributed by atoms with van der Waals surface area (Å²) in [4.78, 5) is 11.3. The van der Waals surface area contributed by atoms with Gasteiger partial charge in [0.05, 0.1) is 5.69 Å². The molecule has 2 rings (SSSR count). The maximum Gasteiger partial charge on any atom is 0.265 e. The Balaban J connectivity index is 0.000000606. The molecule has 0 aromatic heterocycles. The standard InChI is InChI=1S/C11H13NO2.C2H6/c1-3-8-4-5-10-9(6-8)12-11(13)7(2)14-10;1-2/h4-7H,3H2,1-2H3,(H,12,13);1-2H3. The van der Waals surface area contributed by atoms with E-state index in [-0.39, 0.29) is 5.91 Å². The van der Waals surface area contributed by atoms with Crippen LogP contribution in [0.1, 0.15) is 33.3 Å². The molecule has 1 N–H and O–H groups in total. The number of hydrogen-bond donors (Lipinski definition) is 1. The van der Waals surface area contributed by atoms with Crippen molar-refractivity contribution in [3.63, 3.8) is 0 Å². The maximum absolute atomic E-state index is 11.3. The number of rotatable bonds is 1. The van der Waals surface area contributed by atoms with Crippen molar-refractivity contribution in [3.05, 3.63) is 23.8 Å². The van der Waals surface area contributed by atoms with E-state index in [9.17, 15) is 4.79 Å². The Morgan fingerprint density at radius 3 is 2.69 bits per heavy atom. The highest BCUT2D eigenvalue weighted by Gasteiger charge is 2.23. The summed E-state index contributed by atoms with van der Waals surface area (Å²) in [6.07, 6.45) is 0.564. The number of benzene rings is 1. The Hall–Kier alpha value is -1.51. The van der Waals surface area contributed by atoms with Crippen LogP contribution in [0, 0.1) is 0 Å². The third-order valence-corrected chi connectivity index (χ3v) is 2.38. The van der Waals surface area contributed by atoms with Gasteiger partial charge in [-0.25, -0.2) is 0 Å². The number of carbonyl (C=O) groups excluding carboxylic acids is 1. The smallest absolute Gasteiger partial charge is 0.265 e. The minimum Gasteiger partial charge on any atom is -0.479 e. The summed E-state index contributed by atoms with van der Waals surface area (Å²) in [6, 6.07) is 5.88. The Morgan fingerprint density at radius 2 is 2.06 bits per heavy atom. The fourth-order valence-electron chi connectivity index (χ4n) is 1.48. The number of fused-ring (bicyclic) bond motifs is 1. The third kappa shape index (κ3) is 2.54. The van der Waals surface area contributed by atoms with Crippen LogP contribution in [0.2, 0.25) is 0 Å². The topological polar surface area (TPSA) is 38.3 Å². The van der Waals surface area contributed by atoms with Crippen LogP contribution in [0.3, 0.4) is 0 Å². The SMILES string of the molecule is CC.CCc1ccc2c(c1)NC(=O)C(C)O2. The maximum atomic E-state index is 11.3. The normalized spacial score (nSPS) is 17.5. The van der Waals surface area contributed by atoms with Gasteiger partial charge in [-0.15, -0.1) is 0 Å². The van der Waals surface area contributed by atoms with E-state index in [1.807, 2.05) is 32.0 Å². The summed E-state index contributed by atoms with van der Waals surface area (Å²) in [5, 5.41) is 2.82. The van der Waals surface area contributed by atoms with E-state index in [4.69, 9.17) is 4.74 Å². The van der Waals surface area contributed by atoms with Crippen molar-refractivity contribution in [3.8, 4) is 5.75 Å². The van der Waals surface area contributed by atoms with Crippen molar-refractivity contribution in [2.24, 2.45) is 0 Å². The molecule has 1 heterocycles. The zero-order valence-corrected chi connectivity index (χ0v) is 10.3. The molecule has 3 heteroatoms. The molecular formula is C13H19NO2. The lowest BCUT2D eigenvalue weighted by molar-refractivity contribution is -0.122. The molecule has 88 valence electrons. The van der Waals surface area contributed by atoms with Crippen LogP contribution in [0.25, 0.3) is 0 Å². The van der Waals surface area contributed by atoms with Crippen molar-refractivity contribution in [1.29, 1.82) is 0 Å². The van der Waals surface area contributed by atoms with Crippen molar-refractivity contribution < 1.29 is 9.53 Å². The third-order valence-electron chi connectivity index (χ3n) is 2.38. The predicted molar refractivity (Wildman–Crippen MR) is 65.9 cm³/mol. The quantitative estimate of drug-likeness (QED) is 0.791. The second-order valence-corrected chi connectivity index (χ2v) is 3.43. The second-order valence-electron chi connectivity index (χ2n) is 3.43. The van der Waals surface area contributed by atoms with Crippen molar-refractivity contribution >= 4 is 11.6 Å². The molecule has 1 aromatic rings. The lowest BCUT2D eigenvalue weighted by Gasteiger charge is -2.23. The second kappa shape index (κ2) is 5.54. The number of carbonyl (C=O) groups is 1. The van der Waals surface area contributed by atoms with E-state index >= 15 is 0 Å². The molecule has 1 atom stereocenters. The molecular weight excluding hydrogens is 202 g/mol. The van der Waals surface area contributed by atoms with Gasteiger partial charge in [-0.05, 0) is 31.0 Å². The first-order chi connectivity index (χ1) is 7.70. The number of amides is 1. The summed E-state index contributed by atoms with van der Waals surface area (Å²) >= 11 is 0. The Kier molecular flexibility index (Phi) is 4.35. The fourth-order valence-corrected chi connectivity index (χ4v) is 1.48. The van der Waals surface area contributed by atoms with Gasteiger partial charge in [0.2, 0.25) is 0 Å². The van der Waals surface area contributed by atoms with Crippen molar-refractivity contribution in [2.75, 3.05) is 5.32 Å². The molecule has 0 radical (unpaired) electrons. The van der Waals surface area contributed by atoms with Gasteiger partial charge in [-0.1, -0.05) is 26.8 Å². The van der Waals surface area contributed by atoms with E-state index in [1.54, 1.807) is 6.92 Å². The van der Waals surface area contributed by atoms with Gasteiger partial charge in [0, 0.05) is 0 Å². The monoisotopic (exact) mass is 221 g/mol. The Bertz CT molecular complexity index is 374. The summed E-state index contributed by atoms with van der Waals surface area (Å²) in [5.74, 6) is 0.681. The van der Waals surface area contributed by atoms with E-state index in [1.165, 1.54) is 5.56 Å². The molecule has 0 bridgehead atoms. The average Bonchev–Trinajstić information content (AvgIpc) is 2.33. The van der Waals surface area contributed by atoms with Crippen LogP contribution in [0.5, 0.6) is 5.75 Å². The van der Waals surface area contributed by atoms with Gasteiger partial charge in [0.25, 0.3) is 5.91 Å². The largest absolute Gasteiger partial charge is 0.479 e. The van der Waals surface area contributed by atoms with Crippen LogP contribution < -0.4 is 10.1 Å². The lowest BCUT2D eigenvalue weighted by atomic mass is 10.1. The predicted octanol–water partition coefficient (Wildman–Crippen LogP) is 2.99. The highest BCUT2D eigenvalue weighted by molar-refractivity contribution is 5.97. The van der Waals surface area contributed by atoms with Gasteiger partial charge in [0.1, 0.15) is 5.75 Å². The summed E-state index contributed by atoms with van der Waals surface area (Å²) in [7, 11) is 0. The Morgan fingerprint density at radius 1 is 1.38 bits per heavy atom. The van der Waals surface area contributed by atoms with Crippen LogP contribution >= 0.6 is 0 Å². The van der Waals surface area contributed by atoms with Gasteiger partial charge in [-0.2, -0.15) is 0 Å². The summed E-state index contributed by atoms with van der Waals surface area (Å²) in [6.45, 7) is 7.82. The van der Waals surface area contributed by atoms with Crippen molar-refractivity contribution in [2.45, 2.75) is 40.2 Å². The van der Waals surface area contributed by atoms with E-state index in [2.05, 4.69) is 12.2 Å². The molecule has 0 saturated heterocycles. The lowest BCUT2D eigenvalue weighted by Crippen LogP contribution is -2.34. The average molecular weight is 221 g/mol. The van der Waals surface area contributed by atoms with Gasteiger partial charge < -0.3 is 10.1 Å². The van der Waals surface area contributed by atoms with Gasteiger partial charge in [0.15, 0.2) is 6.10 Å². The number of aryl methyl sites for hydroxylation is 1.